The van der Waals surface area contributed by atoms with Gasteiger partial charge in [0.25, 0.3) is 5.56 Å². The minimum atomic E-state index is -0.259. The Morgan fingerprint density at radius 1 is 1.07 bits per heavy atom. The predicted octanol–water partition coefficient (Wildman–Crippen LogP) is 2.65. The standard InChI is InChI=1S/C22H31N3O3/c1-2-3-5-25-20(27)17-11-18(23-19(17)24(21(25)28)6-4-7-26)22-12-14-8-15(13-22)10-16(22)9-14/h14-16,26H,2-13H2,1H3. The highest BCUT2D eigenvalue weighted by Gasteiger charge is 2.60. The molecule has 2 heterocycles. The Labute approximate surface area is 165 Å². The molecule has 6 heteroatoms. The molecule has 0 spiro atoms. The second-order valence-electron chi connectivity index (χ2n) is 9.56. The Morgan fingerprint density at radius 2 is 1.79 bits per heavy atom. The van der Waals surface area contributed by atoms with Crippen LogP contribution in [0.5, 0.6) is 0 Å². The summed E-state index contributed by atoms with van der Waals surface area (Å²) in [5, 5.41) is 9.29. The number of aromatic nitrogens is 2. The predicted molar refractivity (Wildman–Crippen MR) is 108 cm³/mol. The van der Waals surface area contributed by atoms with Gasteiger partial charge in [-0.2, -0.15) is 0 Å². The van der Waals surface area contributed by atoms with Gasteiger partial charge < -0.3 is 5.11 Å². The SMILES string of the molecule is CCCCn1c(=O)c2c(n(CCCO)c1=O)N=C(C13CC4CC(CC1C4)C3)C2. The Morgan fingerprint density at radius 3 is 2.46 bits per heavy atom. The summed E-state index contributed by atoms with van der Waals surface area (Å²) in [5.74, 6) is 2.99. The molecule has 1 N–H and O–H groups in total. The molecular formula is C22H31N3O3. The normalized spacial score (nSPS) is 32.2. The van der Waals surface area contributed by atoms with Gasteiger partial charge in [-0.3, -0.25) is 13.9 Å². The van der Waals surface area contributed by atoms with Crippen LogP contribution < -0.4 is 11.2 Å². The molecule has 0 radical (unpaired) electrons. The number of hydrogen-bond donors (Lipinski definition) is 1. The molecule has 4 aliphatic carbocycles. The highest BCUT2D eigenvalue weighted by Crippen LogP contribution is 2.66. The first-order valence-corrected chi connectivity index (χ1v) is 11.1. The summed E-state index contributed by atoms with van der Waals surface area (Å²) in [4.78, 5) is 31.2. The number of hydrogen-bond acceptors (Lipinski definition) is 4. The lowest BCUT2D eigenvalue weighted by atomic mass is 9.71. The first-order chi connectivity index (χ1) is 13.6. The third-order valence-electron chi connectivity index (χ3n) is 7.92. The van der Waals surface area contributed by atoms with Gasteiger partial charge in [-0.15, -0.1) is 0 Å². The molecule has 152 valence electrons. The van der Waals surface area contributed by atoms with Crippen molar-refractivity contribution in [2.45, 2.75) is 77.8 Å². The first-order valence-electron chi connectivity index (χ1n) is 11.1. The number of aliphatic imine (C=N–C) groups is 1. The largest absolute Gasteiger partial charge is 0.396 e. The molecule has 6 rings (SSSR count). The average Bonchev–Trinajstić information content (AvgIpc) is 3.30. The Kier molecular flexibility index (Phi) is 4.38. The van der Waals surface area contributed by atoms with Crippen LogP contribution >= 0.6 is 0 Å². The van der Waals surface area contributed by atoms with E-state index in [2.05, 4.69) is 6.92 Å². The van der Waals surface area contributed by atoms with Gasteiger partial charge in [0.15, 0.2) is 0 Å². The average molecular weight is 386 g/mol. The molecule has 28 heavy (non-hydrogen) atoms. The molecule has 4 saturated carbocycles. The van der Waals surface area contributed by atoms with E-state index in [1.165, 1.54) is 42.4 Å². The van der Waals surface area contributed by atoms with Crippen LogP contribution in [0.15, 0.2) is 14.6 Å². The Balaban J connectivity index is 1.58. The van der Waals surface area contributed by atoms with Gasteiger partial charge in [-0.25, -0.2) is 9.79 Å². The third kappa shape index (κ3) is 2.53. The van der Waals surface area contributed by atoms with Gasteiger partial charge in [-0.1, -0.05) is 13.3 Å². The van der Waals surface area contributed by atoms with E-state index in [-0.39, 0.29) is 23.3 Å². The molecular weight excluding hydrogens is 354 g/mol. The number of rotatable bonds is 7. The van der Waals surface area contributed by atoms with E-state index in [1.54, 1.807) is 4.57 Å². The highest BCUT2D eigenvalue weighted by molar-refractivity contribution is 5.98. The lowest BCUT2D eigenvalue weighted by molar-refractivity contribution is 0.262. The zero-order valence-corrected chi connectivity index (χ0v) is 16.8. The van der Waals surface area contributed by atoms with Gasteiger partial charge in [-0.05, 0) is 62.7 Å². The molecule has 1 aromatic rings. The number of unbranched alkanes of at least 4 members (excludes halogenated alkanes) is 1. The second kappa shape index (κ2) is 6.68. The molecule has 6 nitrogen and oxygen atoms in total. The third-order valence-corrected chi connectivity index (χ3v) is 7.92. The van der Waals surface area contributed by atoms with E-state index in [1.807, 2.05) is 0 Å². The molecule has 5 aliphatic rings. The van der Waals surface area contributed by atoms with Crippen molar-refractivity contribution in [2.24, 2.45) is 28.2 Å². The van der Waals surface area contributed by atoms with Crippen molar-refractivity contribution >= 4 is 11.5 Å². The molecule has 4 fully saturated rings. The van der Waals surface area contributed by atoms with Crippen molar-refractivity contribution in [3.05, 3.63) is 26.4 Å². The fraction of sp³-hybridized carbons (Fsp3) is 0.773. The maximum atomic E-state index is 13.2. The summed E-state index contributed by atoms with van der Waals surface area (Å²) in [5.41, 5.74) is 1.68. The minimum absolute atomic E-state index is 0.0290. The van der Waals surface area contributed by atoms with Gasteiger partial charge in [0.05, 0.1) is 5.56 Å². The van der Waals surface area contributed by atoms with Crippen LogP contribution in [0.2, 0.25) is 0 Å². The van der Waals surface area contributed by atoms with Crippen LogP contribution in [-0.4, -0.2) is 26.6 Å². The van der Waals surface area contributed by atoms with Crippen molar-refractivity contribution in [1.29, 1.82) is 0 Å². The fourth-order valence-corrected chi connectivity index (χ4v) is 6.86. The zero-order valence-electron chi connectivity index (χ0n) is 16.8. The summed E-state index contributed by atoms with van der Waals surface area (Å²) in [6, 6.07) is 0. The summed E-state index contributed by atoms with van der Waals surface area (Å²) in [6.45, 7) is 2.98. The van der Waals surface area contributed by atoms with Crippen molar-refractivity contribution < 1.29 is 5.11 Å². The number of fused-ring (bicyclic) bond motifs is 1. The molecule has 0 saturated heterocycles. The highest BCUT2D eigenvalue weighted by atomic mass is 16.3. The summed E-state index contributed by atoms with van der Waals surface area (Å²) in [6.07, 6.45) is 9.36. The van der Waals surface area contributed by atoms with Crippen LogP contribution in [0.1, 0.15) is 63.9 Å². The lowest BCUT2D eigenvalue weighted by Crippen LogP contribution is -2.41. The topological polar surface area (TPSA) is 76.6 Å². The maximum Gasteiger partial charge on any atom is 0.332 e. The van der Waals surface area contributed by atoms with E-state index >= 15 is 0 Å². The summed E-state index contributed by atoms with van der Waals surface area (Å²) in [7, 11) is 0. The van der Waals surface area contributed by atoms with Gasteiger partial charge in [0.1, 0.15) is 5.82 Å². The smallest absolute Gasteiger partial charge is 0.332 e. The zero-order chi connectivity index (χ0) is 19.5. The van der Waals surface area contributed by atoms with E-state index in [0.717, 1.165) is 30.6 Å². The molecule has 2 atom stereocenters. The van der Waals surface area contributed by atoms with E-state index in [9.17, 15) is 14.7 Å². The number of aliphatic hydroxyl groups excluding tert-OH is 1. The van der Waals surface area contributed by atoms with Crippen molar-refractivity contribution in [2.75, 3.05) is 6.61 Å². The van der Waals surface area contributed by atoms with Crippen molar-refractivity contribution in [3.8, 4) is 0 Å². The van der Waals surface area contributed by atoms with Crippen LogP contribution in [0.3, 0.4) is 0 Å². The molecule has 0 amide bonds. The van der Waals surface area contributed by atoms with Crippen LogP contribution in [0, 0.1) is 23.2 Å². The Bertz CT molecular complexity index is 928. The van der Waals surface area contributed by atoms with Gasteiger partial charge >= 0.3 is 5.69 Å². The Hall–Kier alpha value is -1.69. The maximum absolute atomic E-state index is 13.2. The molecule has 1 aromatic heterocycles. The van der Waals surface area contributed by atoms with Gasteiger partial charge in [0, 0.05) is 37.2 Å². The van der Waals surface area contributed by atoms with Crippen LogP contribution in [-0.2, 0) is 19.5 Å². The van der Waals surface area contributed by atoms with Gasteiger partial charge in [0.2, 0.25) is 0 Å². The van der Waals surface area contributed by atoms with E-state index < -0.39 is 0 Å². The minimum Gasteiger partial charge on any atom is -0.396 e. The van der Waals surface area contributed by atoms with E-state index in [0.29, 0.717) is 37.3 Å². The fourth-order valence-electron chi connectivity index (χ4n) is 6.86. The van der Waals surface area contributed by atoms with Crippen LogP contribution in [0.25, 0.3) is 0 Å². The van der Waals surface area contributed by atoms with Crippen LogP contribution in [0.4, 0.5) is 5.82 Å². The monoisotopic (exact) mass is 385 g/mol. The molecule has 1 aliphatic heterocycles. The lowest BCUT2D eigenvalue weighted by Gasteiger charge is -2.33. The molecule has 0 aromatic carbocycles. The van der Waals surface area contributed by atoms with Crippen molar-refractivity contribution in [1.82, 2.24) is 9.13 Å². The summed E-state index contributed by atoms with van der Waals surface area (Å²) < 4.78 is 3.07. The number of aliphatic hydroxyl groups is 1. The van der Waals surface area contributed by atoms with Crippen molar-refractivity contribution in [3.63, 3.8) is 0 Å². The first kappa shape index (κ1) is 18.3. The quantitative estimate of drug-likeness (QED) is 0.784. The summed E-state index contributed by atoms with van der Waals surface area (Å²) >= 11 is 0. The molecule has 4 bridgehead atoms. The molecule has 2 unspecified atom stereocenters. The van der Waals surface area contributed by atoms with E-state index in [4.69, 9.17) is 4.99 Å². The second-order valence-corrected chi connectivity index (χ2v) is 9.56. The number of nitrogens with zero attached hydrogens (tertiary/aromatic N) is 3.